The maximum atomic E-state index is 8.66. The molecule has 0 aliphatic carbocycles. The minimum Gasteiger partial charge on any atom is -0.379 e. The zero-order valence-corrected chi connectivity index (χ0v) is 6.65. The van der Waals surface area contributed by atoms with E-state index in [1.54, 1.807) is 0 Å². The Morgan fingerprint density at radius 3 is 3.00 bits per heavy atom. The van der Waals surface area contributed by atoms with Gasteiger partial charge in [0.15, 0.2) is 0 Å². The summed E-state index contributed by atoms with van der Waals surface area (Å²) in [5, 5.41) is 0. The molecule has 2 unspecified atom stereocenters. The maximum absolute atomic E-state index is 8.66. The Labute approximate surface area is 60.4 Å². The van der Waals surface area contributed by atoms with Gasteiger partial charge >= 0.3 is 0 Å². The topological polar surface area (TPSA) is 38.7 Å². The van der Waals surface area contributed by atoms with Gasteiger partial charge in [-0.3, -0.25) is 0 Å². The molecule has 0 saturated carbocycles. The van der Waals surface area contributed by atoms with Crippen molar-refractivity contribution in [3.63, 3.8) is 0 Å². The summed E-state index contributed by atoms with van der Waals surface area (Å²) < 4.78 is 9.97. The van der Waals surface area contributed by atoms with Gasteiger partial charge < -0.3 is 14.2 Å². The first-order valence-corrected chi connectivity index (χ1v) is 5.08. The number of thiol groups is 1. The Morgan fingerprint density at radius 1 is 1.78 bits per heavy atom. The van der Waals surface area contributed by atoms with E-state index in [1.807, 2.05) is 0 Å². The lowest BCUT2D eigenvalue weighted by Crippen LogP contribution is -2.07. The molecular weight excluding hydrogens is 159 g/mol. The quantitative estimate of drug-likeness (QED) is 0.476. The van der Waals surface area contributed by atoms with Crippen LogP contribution in [0.15, 0.2) is 0 Å². The lowest BCUT2D eigenvalue weighted by molar-refractivity contribution is 0.145. The summed E-state index contributed by atoms with van der Waals surface area (Å²) >= 11 is 3.72. The Hall–Kier alpha value is 0.660. The molecule has 1 heterocycles. The standard InChI is InChI=1S/C4H9O3PS/c5-8(9)7-4-1-2-6-3-4/h4-5,9H,1-3H2. The van der Waals surface area contributed by atoms with E-state index < -0.39 is 7.58 Å². The fraction of sp³-hybridized carbons (Fsp3) is 1.00. The van der Waals surface area contributed by atoms with Crippen molar-refractivity contribution in [2.75, 3.05) is 13.2 Å². The summed E-state index contributed by atoms with van der Waals surface area (Å²) in [4.78, 5) is 8.66. The number of hydrogen-bond donors (Lipinski definition) is 2. The van der Waals surface area contributed by atoms with Crippen molar-refractivity contribution in [3.05, 3.63) is 0 Å². The lowest BCUT2D eigenvalue weighted by Gasteiger charge is -2.08. The van der Waals surface area contributed by atoms with Gasteiger partial charge in [0, 0.05) is 6.61 Å². The molecule has 54 valence electrons. The van der Waals surface area contributed by atoms with Crippen LogP contribution in [0.1, 0.15) is 6.42 Å². The van der Waals surface area contributed by atoms with Gasteiger partial charge in [0.2, 0.25) is 7.58 Å². The molecule has 9 heavy (non-hydrogen) atoms. The van der Waals surface area contributed by atoms with Crippen LogP contribution in [0.25, 0.3) is 0 Å². The molecule has 3 nitrogen and oxygen atoms in total. The molecule has 0 aromatic carbocycles. The van der Waals surface area contributed by atoms with Crippen molar-refractivity contribution in [2.45, 2.75) is 12.5 Å². The molecule has 5 heteroatoms. The fourth-order valence-corrected chi connectivity index (χ4v) is 1.56. The SMILES string of the molecule is OP(S)OC1CCOC1. The predicted molar refractivity (Wildman–Crippen MR) is 38.4 cm³/mol. The largest absolute Gasteiger partial charge is 0.379 e. The molecule has 1 fully saturated rings. The highest BCUT2D eigenvalue weighted by atomic mass is 32.7. The van der Waals surface area contributed by atoms with Crippen LogP contribution in [0.5, 0.6) is 0 Å². The van der Waals surface area contributed by atoms with Crippen LogP contribution >= 0.6 is 19.8 Å². The summed E-state index contributed by atoms with van der Waals surface area (Å²) in [6, 6.07) is 0. The second kappa shape index (κ2) is 3.74. The van der Waals surface area contributed by atoms with E-state index in [1.165, 1.54) is 0 Å². The van der Waals surface area contributed by atoms with Crippen molar-refractivity contribution < 1.29 is 14.2 Å². The van der Waals surface area contributed by atoms with E-state index in [0.29, 0.717) is 6.61 Å². The smallest absolute Gasteiger partial charge is 0.232 e. The van der Waals surface area contributed by atoms with Gasteiger partial charge in [-0.15, -0.1) is 0 Å². The minimum atomic E-state index is -1.50. The summed E-state index contributed by atoms with van der Waals surface area (Å²) in [6.07, 6.45) is 0.943. The van der Waals surface area contributed by atoms with Crippen molar-refractivity contribution >= 4 is 19.8 Å². The summed E-state index contributed by atoms with van der Waals surface area (Å²) in [6.45, 7) is 1.33. The second-order valence-electron chi connectivity index (χ2n) is 1.84. The van der Waals surface area contributed by atoms with Crippen LogP contribution in [0.2, 0.25) is 0 Å². The van der Waals surface area contributed by atoms with E-state index in [2.05, 4.69) is 12.2 Å². The van der Waals surface area contributed by atoms with Crippen molar-refractivity contribution in [1.82, 2.24) is 0 Å². The molecular formula is C4H9O3PS. The molecule has 0 amide bonds. The molecule has 0 radical (unpaired) electrons. The average Bonchev–Trinajstić information content (AvgIpc) is 2.15. The molecule has 1 N–H and O–H groups in total. The predicted octanol–water partition coefficient (Wildman–Crippen LogP) is 0.941. The number of rotatable bonds is 2. The molecule has 0 aromatic rings. The fourth-order valence-electron chi connectivity index (χ4n) is 0.729. The first kappa shape index (κ1) is 7.76. The Kier molecular flexibility index (Phi) is 3.22. The van der Waals surface area contributed by atoms with Crippen molar-refractivity contribution in [2.24, 2.45) is 0 Å². The van der Waals surface area contributed by atoms with E-state index >= 15 is 0 Å². The third-order valence-electron chi connectivity index (χ3n) is 1.13. The summed E-state index contributed by atoms with van der Waals surface area (Å²) in [5.74, 6) is 0. The first-order valence-electron chi connectivity index (χ1n) is 2.71. The van der Waals surface area contributed by atoms with Gasteiger partial charge in [0.05, 0.1) is 12.7 Å². The third kappa shape index (κ3) is 2.83. The van der Waals surface area contributed by atoms with Gasteiger partial charge in [-0.05, 0) is 6.42 Å². The summed E-state index contributed by atoms with van der Waals surface area (Å²) in [5.41, 5.74) is 0. The van der Waals surface area contributed by atoms with Crippen molar-refractivity contribution in [3.8, 4) is 0 Å². The van der Waals surface area contributed by atoms with E-state index in [4.69, 9.17) is 14.2 Å². The third-order valence-corrected chi connectivity index (χ3v) is 1.90. The van der Waals surface area contributed by atoms with Gasteiger partial charge in [-0.1, -0.05) is 12.2 Å². The van der Waals surface area contributed by atoms with E-state index in [0.717, 1.165) is 13.0 Å². The van der Waals surface area contributed by atoms with Gasteiger partial charge in [0.25, 0.3) is 0 Å². The molecule has 0 aromatic heterocycles. The summed E-state index contributed by atoms with van der Waals surface area (Å²) in [7, 11) is -1.50. The zero-order chi connectivity index (χ0) is 6.69. The first-order chi connectivity index (χ1) is 4.29. The van der Waals surface area contributed by atoms with Crippen LogP contribution < -0.4 is 0 Å². The Morgan fingerprint density at radius 2 is 2.56 bits per heavy atom. The molecule has 1 rings (SSSR count). The Balaban J connectivity index is 2.11. The van der Waals surface area contributed by atoms with Crippen LogP contribution in [-0.4, -0.2) is 24.2 Å². The molecule has 1 aliphatic heterocycles. The lowest BCUT2D eigenvalue weighted by atomic mass is 10.3. The molecule has 2 atom stereocenters. The molecule has 1 aliphatic rings. The van der Waals surface area contributed by atoms with Gasteiger partial charge in [-0.2, -0.15) is 0 Å². The average molecular weight is 168 g/mol. The van der Waals surface area contributed by atoms with Gasteiger partial charge in [-0.25, -0.2) is 0 Å². The van der Waals surface area contributed by atoms with Crippen LogP contribution in [0.3, 0.4) is 0 Å². The van der Waals surface area contributed by atoms with E-state index in [-0.39, 0.29) is 6.10 Å². The number of ether oxygens (including phenoxy) is 1. The van der Waals surface area contributed by atoms with E-state index in [9.17, 15) is 0 Å². The Bertz CT molecular complexity index is 83.9. The normalized spacial score (nSPS) is 30.7. The molecule has 0 spiro atoms. The van der Waals surface area contributed by atoms with Crippen LogP contribution in [0.4, 0.5) is 0 Å². The van der Waals surface area contributed by atoms with Crippen LogP contribution in [-0.2, 0) is 9.26 Å². The highest BCUT2D eigenvalue weighted by molar-refractivity contribution is 8.41. The zero-order valence-electron chi connectivity index (χ0n) is 4.86. The maximum Gasteiger partial charge on any atom is 0.232 e. The molecule has 0 bridgehead atoms. The minimum absolute atomic E-state index is 0.0682. The molecule has 1 saturated heterocycles. The van der Waals surface area contributed by atoms with Crippen molar-refractivity contribution in [1.29, 1.82) is 0 Å². The number of hydrogen-bond acceptors (Lipinski definition) is 4. The second-order valence-corrected chi connectivity index (χ2v) is 3.59. The monoisotopic (exact) mass is 168 g/mol. The van der Waals surface area contributed by atoms with Gasteiger partial charge in [0.1, 0.15) is 0 Å². The van der Waals surface area contributed by atoms with Crippen LogP contribution in [0, 0.1) is 0 Å². The highest BCUT2D eigenvalue weighted by Crippen LogP contribution is 2.39. The highest BCUT2D eigenvalue weighted by Gasteiger charge is 2.18.